The maximum atomic E-state index is 11.0. The number of rotatable bonds is 6. The maximum Gasteiger partial charge on any atom is 0.305 e. The van der Waals surface area contributed by atoms with Crippen molar-refractivity contribution in [2.24, 2.45) is 0 Å². The van der Waals surface area contributed by atoms with E-state index in [1.54, 1.807) is 0 Å². The minimum absolute atomic E-state index is 0.136. The fourth-order valence-corrected chi connectivity index (χ4v) is 2.32. The highest BCUT2D eigenvalue weighted by Gasteiger charge is 2.12. The second kappa shape index (κ2) is 6.57. The van der Waals surface area contributed by atoms with Crippen molar-refractivity contribution in [2.75, 3.05) is 27.3 Å². The van der Waals surface area contributed by atoms with Gasteiger partial charge in [-0.25, -0.2) is 0 Å². The molecule has 0 fully saturated rings. The Morgan fingerprint density at radius 3 is 3.11 bits per heavy atom. The van der Waals surface area contributed by atoms with Crippen molar-refractivity contribution in [1.82, 2.24) is 4.90 Å². The zero-order valence-corrected chi connectivity index (χ0v) is 11.6. The van der Waals surface area contributed by atoms with Gasteiger partial charge in [-0.1, -0.05) is 12.1 Å². The molecule has 0 aliphatic carbocycles. The van der Waals surface area contributed by atoms with E-state index in [4.69, 9.17) is 4.74 Å². The van der Waals surface area contributed by atoms with Gasteiger partial charge in [0.05, 0.1) is 13.7 Å². The maximum absolute atomic E-state index is 11.0. The fourth-order valence-electron chi connectivity index (χ4n) is 2.32. The third-order valence-corrected chi connectivity index (χ3v) is 3.35. The summed E-state index contributed by atoms with van der Waals surface area (Å²) >= 11 is 0. The van der Waals surface area contributed by atoms with Crippen LogP contribution in [0, 0.1) is 0 Å². The molecule has 0 bridgehead atoms. The van der Waals surface area contributed by atoms with Crippen LogP contribution in [0.15, 0.2) is 18.2 Å². The molecule has 0 amide bonds. The fraction of sp³-hybridized carbons (Fsp3) is 0.533. The second-order valence-corrected chi connectivity index (χ2v) is 4.96. The summed E-state index contributed by atoms with van der Waals surface area (Å²) in [6.45, 7) is 2.59. The summed E-state index contributed by atoms with van der Waals surface area (Å²) in [6.07, 6.45) is 2.32. The molecular weight excluding hydrogens is 242 g/mol. The Bertz CT molecular complexity index is 445. The zero-order valence-electron chi connectivity index (χ0n) is 11.6. The van der Waals surface area contributed by atoms with Crippen LogP contribution in [0.25, 0.3) is 0 Å². The molecule has 4 heteroatoms. The molecule has 2 rings (SSSR count). The number of fused-ring (bicyclic) bond motifs is 1. The van der Waals surface area contributed by atoms with Crippen molar-refractivity contribution >= 4 is 5.97 Å². The van der Waals surface area contributed by atoms with Gasteiger partial charge in [0.2, 0.25) is 0 Å². The molecule has 0 saturated carbocycles. The Kier molecular flexibility index (Phi) is 4.80. The third kappa shape index (κ3) is 3.96. The van der Waals surface area contributed by atoms with Gasteiger partial charge in [-0.2, -0.15) is 0 Å². The molecule has 1 aromatic rings. The average Bonchev–Trinajstić information content (AvgIpc) is 2.85. The average molecular weight is 263 g/mol. The monoisotopic (exact) mass is 263 g/mol. The van der Waals surface area contributed by atoms with E-state index in [-0.39, 0.29) is 5.97 Å². The van der Waals surface area contributed by atoms with Crippen LogP contribution >= 0.6 is 0 Å². The SMILES string of the molecule is COC(=O)CCCN(C)Cc1ccc2c(c1)CCO2. The van der Waals surface area contributed by atoms with E-state index in [0.717, 1.165) is 38.3 Å². The number of methoxy groups -OCH3 is 1. The molecule has 1 aliphatic rings. The normalized spacial score (nSPS) is 13.2. The molecule has 1 aliphatic heterocycles. The number of nitrogens with zero attached hydrogens (tertiary/aromatic N) is 1. The van der Waals surface area contributed by atoms with E-state index in [2.05, 4.69) is 34.9 Å². The molecule has 4 nitrogen and oxygen atoms in total. The van der Waals surface area contributed by atoms with Crippen LogP contribution in [0.3, 0.4) is 0 Å². The van der Waals surface area contributed by atoms with E-state index in [9.17, 15) is 4.79 Å². The first kappa shape index (κ1) is 13.9. The van der Waals surface area contributed by atoms with Crippen LogP contribution in [0.4, 0.5) is 0 Å². The number of esters is 1. The molecule has 1 aromatic carbocycles. The molecule has 0 saturated heterocycles. The molecule has 0 atom stereocenters. The number of hydrogen-bond donors (Lipinski definition) is 0. The lowest BCUT2D eigenvalue weighted by Gasteiger charge is -2.16. The highest BCUT2D eigenvalue weighted by molar-refractivity contribution is 5.69. The zero-order chi connectivity index (χ0) is 13.7. The van der Waals surface area contributed by atoms with E-state index in [1.165, 1.54) is 18.2 Å². The van der Waals surface area contributed by atoms with Crippen LogP contribution in [0.5, 0.6) is 5.75 Å². The van der Waals surface area contributed by atoms with Crippen LogP contribution in [-0.2, 0) is 22.5 Å². The molecule has 0 unspecified atom stereocenters. The van der Waals surface area contributed by atoms with Crippen molar-refractivity contribution < 1.29 is 14.3 Å². The van der Waals surface area contributed by atoms with Crippen LogP contribution < -0.4 is 4.74 Å². The van der Waals surface area contributed by atoms with Gasteiger partial charge in [0.25, 0.3) is 0 Å². The summed E-state index contributed by atoms with van der Waals surface area (Å²) in [5.74, 6) is 0.889. The van der Waals surface area contributed by atoms with Gasteiger partial charge >= 0.3 is 5.97 Å². The number of benzene rings is 1. The lowest BCUT2D eigenvalue weighted by molar-refractivity contribution is -0.140. The van der Waals surface area contributed by atoms with Crippen molar-refractivity contribution in [3.05, 3.63) is 29.3 Å². The third-order valence-electron chi connectivity index (χ3n) is 3.35. The van der Waals surface area contributed by atoms with Crippen molar-refractivity contribution in [3.8, 4) is 5.75 Å². The van der Waals surface area contributed by atoms with E-state index < -0.39 is 0 Å². The van der Waals surface area contributed by atoms with Crippen LogP contribution in [0.1, 0.15) is 24.0 Å². The van der Waals surface area contributed by atoms with E-state index >= 15 is 0 Å². The Morgan fingerprint density at radius 2 is 2.32 bits per heavy atom. The van der Waals surface area contributed by atoms with Gasteiger partial charge < -0.3 is 14.4 Å². The topological polar surface area (TPSA) is 38.8 Å². The molecule has 0 radical (unpaired) electrons. The first-order valence-corrected chi connectivity index (χ1v) is 6.69. The number of carbonyl (C=O) groups excluding carboxylic acids is 1. The van der Waals surface area contributed by atoms with Gasteiger partial charge in [0, 0.05) is 19.4 Å². The van der Waals surface area contributed by atoms with Gasteiger partial charge in [0.1, 0.15) is 5.75 Å². The molecule has 19 heavy (non-hydrogen) atoms. The molecule has 104 valence electrons. The summed E-state index contributed by atoms with van der Waals surface area (Å²) in [6, 6.07) is 6.39. The smallest absolute Gasteiger partial charge is 0.305 e. The molecular formula is C15H21NO3. The van der Waals surface area contributed by atoms with E-state index in [0.29, 0.717) is 6.42 Å². The highest BCUT2D eigenvalue weighted by atomic mass is 16.5. The van der Waals surface area contributed by atoms with Crippen molar-refractivity contribution in [3.63, 3.8) is 0 Å². The summed E-state index contributed by atoms with van der Waals surface area (Å²) in [5, 5.41) is 0. The first-order valence-electron chi connectivity index (χ1n) is 6.69. The predicted octanol–water partition coefficient (Wildman–Crippen LogP) is 2.01. The van der Waals surface area contributed by atoms with Gasteiger partial charge in [-0.05, 0) is 37.2 Å². The Morgan fingerprint density at radius 1 is 1.47 bits per heavy atom. The van der Waals surface area contributed by atoms with E-state index in [1.807, 2.05) is 0 Å². The molecule has 0 spiro atoms. The minimum atomic E-state index is -0.136. The quantitative estimate of drug-likeness (QED) is 0.736. The summed E-state index contributed by atoms with van der Waals surface area (Å²) in [7, 11) is 3.50. The van der Waals surface area contributed by atoms with Gasteiger partial charge in [-0.3, -0.25) is 4.79 Å². The van der Waals surface area contributed by atoms with Crippen LogP contribution in [-0.4, -0.2) is 38.2 Å². The number of ether oxygens (including phenoxy) is 2. The minimum Gasteiger partial charge on any atom is -0.493 e. The largest absolute Gasteiger partial charge is 0.493 e. The number of carbonyl (C=O) groups is 1. The summed E-state index contributed by atoms with van der Waals surface area (Å²) in [5.41, 5.74) is 2.60. The van der Waals surface area contributed by atoms with Gasteiger partial charge in [0.15, 0.2) is 0 Å². The van der Waals surface area contributed by atoms with Crippen LogP contribution in [0.2, 0.25) is 0 Å². The summed E-state index contributed by atoms with van der Waals surface area (Å²) in [4.78, 5) is 13.2. The Hall–Kier alpha value is -1.55. The second-order valence-electron chi connectivity index (χ2n) is 4.96. The molecule has 0 aromatic heterocycles. The standard InChI is InChI=1S/C15H21NO3/c1-16(8-3-4-15(17)18-2)11-12-5-6-14-13(10-12)7-9-19-14/h5-6,10H,3-4,7-9,11H2,1-2H3. The Labute approximate surface area is 114 Å². The molecule has 0 N–H and O–H groups in total. The first-order chi connectivity index (χ1) is 9.19. The number of hydrogen-bond acceptors (Lipinski definition) is 4. The Balaban J connectivity index is 1.79. The lowest BCUT2D eigenvalue weighted by Crippen LogP contribution is -2.20. The van der Waals surface area contributed by atoms with Crippen molar-refractivity contribution in [1.29, 1.82) is 0 Å². The molecule has 1 heterocycles. The van der Waals surface area contributed by atoms with Gasteiger partial charge in [-0.15, -0.1) is 0 Å². The predicted molar refractivity (Wildman–Crippen MR) is 73.2 cm³/mol. The summed E-state index contributed by atoms with van der Waals surface area (Å²) < 4.78 is 10.1. The highest BCUT2D eigenvalue weighted by Crippen LogP contribution is 2.26. The van der Waals surface area contributed by atoms with Crippen molar-refractivity contribution in [2.45, 2.75) is 25.8 Å². The lowest BCUT2D eigenvalue weighted by atomic mass is 10.1.